The SMILES string of the molecule is CC(C)[C@H](NC(=O)OCc1ccccc1)C(=O)OCC(C)(C)COC(=O)OCOP(=O)(O)C(O)(CCCNC(=O)OCc1ccccc1)P(=O)(OCOC(=O)OCC(C)(C)COC(=O)[C@@H](NC(=O)OCc1ccccc1)C(C)C)OCOC(=O)OCC(C)(C)COC(=O)[C@@H](NC(=O)OCc1ccccc1)C(C)C. The molecule has 0 aliphatic carbocycles. The van der Waals surface area contributed by atoms with Gasteiger partial charge in [-0.15, -0.1) is 0 Å². The van der Waals surface area contributed by atoms with Crippen molar-refractivity contribution in [3.63, 3.8) is 0 Å². The molecule has 0 aliphatic rings. The van der Waals surface area contributed by atoms with E-state index in [1.54, 1.807) is 163 Å². The molecule has 34 nitrogen and oxygen atoms in total. The number of alkyl carbamates (subject to hydrolysis) is 4. The van der Waals surface area contributed by atoms with Crippen LogP contribution in [0.25, 0.3) is 0 Å². The first kappa shape index (κ1) is 90.8. The van der Waals surface area contributed by atoms with E-state index in [1.807, 2.05) is 0 Å². The predicted octanol–water partition coefficient (Wildman–Crippen LogP) is 11.7. The van der Waals surface area contributed by atoms with Gasteiger partial charge < -0.3 is 92.8 Å². The van der Waals surface area contributed by atoms with Gasteiger partial charge in [0, 0.05) is 29.2 Å². The van der Waals surface area contributed by atoms with E-state index in [9.17, 15) is 62.5 Å². The highest BCUT2D eigenvalue weighted by Gasteiger charge is 2.64. The summed E-state index contributed by atoms with van der Waals surface area (Å²) >= 11 is 0. The summed E-state index contributed by atoms with van der Waals surface area (Å²) in [4.78, 5) is 142. The van der Waals surface area contributed by atoms with Crippen LogP contribution in [0.1, 0.15) is 118 Å². The zero-order valence-electron chi connectivity index (χ0n) is 62.5. The minimum atomic E-state index is -6.15. The Hall–Kier alpha value is -9.56. The van der Waals surface area contributed by atoms with Crippen LogP contribution in [-0.2, 0) is 125 Å². The Kier molecular flexibility index (Phi) is 37.6. The highest BCUT2D eigenvalue weighted by Crippen LogP contribution is 2.76. The topological polar surface area (TPSA) is 441 Å². The number of benzene rings is 4. The summed E-state index contributed by atoms with van der Waals surface area (Å²) in [6.07, 6.45) is -10.3. The van der Waals surface area contributed by atoms with Gasteiger partial charge >= 0.3 is 75.9 Å². The molecule has 0 radical (unpaired) electrons. The molecule has 4 rings (SSSR count). The number of esters is 3. The summed E-state index contributed by atoms with van der Waals surface area (Å²) in [6.45, 7) is 10.4. The molecule has 6 N–H and O–H groups in total. The summed E-state index contributed by atoms with van der Waals surface area (Å²) in [5.41, 5.74) is -0.866. The van der Waals surface area contributed by atoms with Crippen LogP contribution in [0.5, 0.6) is 0 Å². The number of carbonyl (C=O) groups excluding carboxylic acids is 10. The van der Waals surface area contributed by atoms with Crippen molar-refractivity contribution in [3.8, 4) is 0 Å². The minimum absolute atomic E-state index is 0.0763. The van der Waals surface area contributed by atoms with Crippen molar-refractivity contribution >= 4 is 75.9 Å². The summed E-state index contributed by atoms with van der Waals surface area (Å²) in [6, 6.07) is 31.3. The van der Waals surface area contributed by atoms with Crippen LogP contribution < -0.4 is 21.3 Å². The van der Waals surface area contributed by atoms with E-state index in [1.165, 1.54) is 41.5 Å². The Bertz CT molecular complexity index is 3480. The van der Waals surface area contributed by atoms with Crippen LogP contribution in [0.2, 0.25) is 0 Å². The summed E-state index contributed by atoms with van der Waals surface area (Å²) < 4.78 is 114. The van der Waals surface area contributed by atoms with Gasteiger partial charge in [0.05, 0.1) is 19.8 Å². The smallest absolute Gasteiger partial charge is 0.463 e. The molecule has 4 aromatic carbocycles. The van der Waals surface area contributed by atoms with Crippen LogP contribution in [0.3, 0.4) is 0 Å². The molecule has 0 saturated heterocycles. The third kappa shape index (κ3) is 33.7. The van der Waals surface area contributed by atoms with E-state index in [4.69, 9.17) is 75.2 Å². The molecule has 108 heavy (non-hydrogen) atoms. The van der Waals surface area contributed by atoms with Gasteiger partial charge in [-0.2, -0.15) is 0 Å². The molecule has 598 valence electrons. The second-order valence-electron chi connectivity index (χ2n) is 27.8. The Labute approximate surface area is 626 Å². The summed E-state index contributed by atoms with van der Waals surface area (Å²) in [7, 11) is -12.2. The van der Waals surface area contributed by atoms with Crippen molar-refractivity contribution in [1.29, 1.82) is 0 Å². The molecule has 4 amide bonds. The average Bonchev–Trinajstić information content (AvgIpc) is 0.749. The second-order valence-corrected chi connectivity index (χ2v) is 32.4. The molecule has 0 spiro atoms. The van der Waals surface area contributed by atoms with Crippen LogP contribution in [0.15, 0.2) is 121 Å². The Morgan fingerprint density at radius 1 is 0.370 bits per heavy atom. The molecule has 0 saturated carbocycles. The maximum absolute atomic E-state index is 15.3. The van der Waals surface area contributed by atoms with Gasteiger partial charge in [0.15, 0.2) is 0 Å². The van der Waals surface area contributed by atoms with Gasteiger partial charge in [-0.25, -0.2) is 47.9 Å². The van der Waals surface area contributed by atoms with E-state index >= 15 is 4.57 Å². The average molecular weight is 1560 g/mol. The maximum Gasteiger partial charge on any atom is 0.510 e. The first-order chi connectivity index (χ1) is 50.8. The summed E-state index contributed by atoms with van der Waals surface area (Å²) in [5.74, 6) is -4.02. The molecular formula is C72H100N4O30P2. The summed E-state index contributed by atoms with van der Waals surface area (Å²) in [5, 5.41) is 18.4. The Balaban J connectivity index is 1.50. The zero-order chi connectivity index (χ0) is 80.1. The Morgan fingerprint density at radius 3 is 0.907 bits per heavy atom. The van der Waals surface area contributed by atoms with E-state index in [2.05, 4.69) is 21.3 Å². The van der Waals surface area contributed by atoms with Crippen LogP contribution >= 0.6 is 15.2 Å². The van der Waals surface area contributed by atoms with Gasteiger partial charge in [0.1, 0.15) is 64.4 Å². The monoisotopic (exact) mass is 1560 g/mol. The fourth-order valence-electron chi connectivity index (χ4n) is 8.75. The number of amides is 4. The van der Waals surface area contributed by atoms with Crippen LogP contribution in [0.4, 0.5) is 33.6 Å². The number of nitrogens with one attached hydrogen (secondary N) is 4. The first-order valence-electron chi connectivity index (χ1n) is 34.2. The van der Waals surface area contributed by atoms with Crippen molar-refractivity contribution in [2.45, 2.75) is 146 Å². The third-order valence-corrected chi connectivity index (χ3v) is 20.1. The molecule has 0 aliphatic heterocycles. The number of rotatable bonds is 44. The lowest BCUT2D eigenvalue weighted by Crippen LogP contribution is -2.46. The highest BCUT2D eigenvalue weighted by molar-refractivity contribution is 7.73. The van der Waals surface area contributed by atoms with Gasteiger partial charge in [0.25, 0.3) is 5.08 Å². The highest BCUT2D eigenvalue weighted by atomic mass is 31.2. The Morgan fingerprint density at radius 2 is 0.630 bits per heavy atom. The number of hydrogen-bond acceptors (Lipinski definition) is 29. The lowest BCUT2D eigenvalue weighted by molar-refractivity contribution is -0.152. The van der Waals surface area contributed by atoms with Crippen molar-refractivity contribution in [3.05, 3.63) is 144 Å². The number of hydrogen-bond donors (Lipinski definition) is 6. The van der Waals surface area contributed by atoms with Crippen LogP contribution in [0, 0.1) is 34.0 Å². The fourth-order valence-corrected chi connectivity index (χ4v) is 12.7. The van der Waals surface area contributed by atoms with Crippen molar-refractivity contribution < 1.29 is 142 Å². The van der Waals surface area contributed by atoms with Crippen molar-refractivity contribution in [2.24, 2.45) is 34.0 Å². The number of ether oxygens (including phenoxy) is 13. The van der Waals surface area contributed by atoms with Crippen LogP contribution in [-0.4, -0.2) is 161 Å². The second kappa shape index (κ2) is 44.7. The molecule has 5 atom stereocenters. The zero-order valence-corrected chi connectivity index (χ0v) is 64.3. The molecule has 4 aromatic rings. The molecule has 0 bridgehead atoms. The minimum Gasteiger partial charge on any atom is -0.463 e. The van der Waals surface area contributed by atoms with Crippen molar-refractivity contribution in [1.82, 2.24) is 21.3 Å². The fraction of sp³-hybridized carbons (Fsp3) is 0.528. The molecule has 0 fully saturated rings. The number of carbonyl (C=O) groups is 10. The first-order valence-corrected chi connectivity index (χ1v) is 37.3. The van der Waals surface area contributed by atoms with Crippen molar-refractivity contribution in [2.75, 3.05) is 66.6 Å². The van der Waals surface area contributed by atoms with E-state index in [-0.39, 0.29) is 26.4 Å². The maximum atomic E-state index is 15.3. The molecule has 0 heterocycles. The molecule has 36 heteroatoms. The lowest BCUT2D eigenvalue weighted by atomic mass is 9.96. The van der Waals surface area contributed by atoms with E-state index in [0.717, 1.165) is 0 Å². The normalized spacial score (nSPS) is 13.6. The molecule has 0 aromatic heterocycles. The third-order valence-electron chi connectivity index (χ3n) is 15.0. The quantitative estimate of drug-likeness (QED) is 0.00787. The predicted molar refractivity (Wildman–Crippen MR) is 381 cm³/mol. The lowest BCUT2D eigenvalue weighted by Gasteiger charge is -2.36. The standard InChI is InChI=1S/C72H100N4O30P2/c1-49(2)56(74-63(81)92-37-53-28-19-14-20-29-53)59(77)95-40-69(7,8)43-98-66(84)101-46-104-107(88,89)72(87,34-25-35-73-62(80)91-36-52-26-17-13-18-27-52)108(90,105-47-102-67(85)99-44-70(9,10)41-96-60(78)57(50(3)4)75-64(82)93-38-54-30-21-15-22-31-54)106-48-103-68(86)100-45-71(11,12)42-97-61(79)58(51(5)6)76-65(83)94-39-55-32-23-16-24-33-55/h13-24,26-33,49-51,56-58,87H,25,34-48H2,1-12H3,(H,73,80)(H,74,81)(H,75,82)(H,76,83)(H,88,89)/t56-,57-,58-,72?/m0/s1. The number of aliphatic hydroxyl groups is 1. The van der Waals surface area contributed by atoms with Gasteiger partial charge in [-0.3, -0.25) is 22.7 Å². The molecular weight excluding hydrogens is 1460 g/mol. The van der Waals surface area contributed by atoms with E-state index < -0.39 is 213 Å². The molecule has 2 unspecified atom stereocenters. The van der Waals surface area contributed by atoms with Gasteiger partial charge in [-0.05, 0) is 46.4 Å². The van der Waals surface area contributed by atoms with Gasteiger partial charge in [-0.1, -0.05) is 204 Å². The van der Waals surface area contributed by atoms with Gasteiger partial charge in [0.2, 0.25) is 20.4 Å². The van der Waals surface area contributed by atoms with E-state index in [0.29, 0.717) is 22.3 Å². The largest absolute Gasteiger partial charge is 0.510 e.